The highest BCUT2D eigenvalue weighted by molar-refractivity contribution is 9.10. The number of carbonyl (C=O) groups is 1. The van der Waals surface area contributed by atoms with Gasteiger partial charge in [-0.15, -0.1) is 0 Å². The standard InChI is InChI=1S/C17H18BrNO4/c1-11-4-7-16(12(2)8-11)23-10-13-5-6-14(18)9-15(13)19(21)17(20)22-3/h4-9,21H,10H2,1-3H3. The highest BCUT2D eigenvalue weighted by atomic mass is 79.9. The Bertz CT molecular complexity index is 718. The molecule has 2 aromatic carbocycles. The Labute approximate surface area is 143 Å². The number of nitrogens with zero attached hydrogens (tertiary/aromatic N) is 1. The van der Waals surface area contributed by atoms with Crippen molar-refractivity contribution in [1.29, 1.82) is 0 Å². The van der Waals surface area contributed by atoms with Gasteiger partial charge in [-0.05, 0) is 37.6 Å². The minimum Gasteiger partial charge on any atom is -0.489 e. The van der Waals surface area contributed by atoms with Gasteiger partial charge in [0.25, 0.3) is 0 Å². The molecule has 2 rings (SSSR count). The maximum atomic E-state index is 11.5. The summed E-state index contributed by atoms with van der Waals surface area (Å²) in [5.41, 5.74) is 3.14. The van der Waals surface area contributed by atoms with Crippen molar-refractivity contribution in [2.75, 3.05) is 12.2 Å². The highest BCUT2D eigenvalue weighted by Crippen LogP contribution is 2.27. The smallest absolute Gasteiger partial charge is 0.438 e. The zero-order valence-corrected chi connectivity index (χ0v) is 14.8. The van der Waals surface area contributed by atoms with E-state index in [0.29, 0.717) is 16.3 Å². The molecule has 1 N–H and O–H groups in total. The Kier molecular flexibility index (Phi) is 5.63. The van der Waals surface area contributed by atoms with Gasteiger partial charge in [0.05, 0.1) is 12.8 Å². The van der Waals surface area contributed by atoms with Gasteiger partial charge in [-0.25, -0.2) is 4.79 Å². The number of anilines is 1. The van der Waals surface area contributed by atoms with E-state index < -0.39 is 6.09 Å². The molecule has 0 spiro atoms. The van der Waals surface area contributed by atoms with Crippen molar-refractivity contribution in [3.05, 3.63) is 57.6 Å². The van der Waals surface area contributed by atoms with Crippen molar-refractivity contribution in [2.45, 2.75) is 20.5 Å². The first-order chi connectivity index (χ1) is 10.9. The fourth-order valence-corrected chi connectivity index (χ4v) is 2.51. The molecule has 0 aromatic heterocycles. The van der Waals surface area contributed by atoms with Crippen LogP contribution in [0.4, 0.5) is 10.5 Å². The molecule has 0 saturated heterocycles. The van der Waals surface area contributed by atoms with Gasteiger partial charge in [0.15, 0.2) is 0 Å². The number of ether oxygens (including phenoxy) is 2. The monoisotopic (exact) mass is 379 g/mol. The third kappa shape index (κ3) is 4.24. The van der Waals surface area contributed by atoms with Crippen LogP contribution in [0.5, 0.6) is 5.75 Å². The minimum atomic E-state index is -0.865. The third-order valence-electron chi connectivity index (χ3n) is 3.34. The topological polar surface area (TPSA) is 59.0 Å². The molecule has 0 aliphatic rings. The SMILES string of the molecule is COC(=O)N(O)c1cc(Br)ccc1COc1ccc(C)cc1C. The van der Waals surface area contributed by atoms with Crippen molar-refractivity contribution in [2.24, 2.45) is 0 Å². The van der Waals surface area contributed by atoms with E-state index in [1.165, 1.54) is 7.11 Å². The maximum Gasteiger partial charge on any atom is 0.438 e. The van der Waals surface area contributed by atoms with Crippen LogP contribution in [0, 0.1) is 13.8 Å². The molecule has 1 amide bonds. The van der Waals surface area contributed by atoms with E-state index in [1.54, 1.807) is 12.1 Å². The summed E-state index contributed by atoms with van der Waals surface area (Å²) in [5.74, 6) is 0.757. The lowest BCUT2D eigenvalue weighted by Crippen LogP contribution is -2.27. The minimum absolute atomic E-state index is 0.209. The number of hydrogen-bond acceptors (Lipinski definition) is 4. The number of carbonyl (C=O) groups excluding carboxylic acids is 1. The number of rotatable bonds is 4. The van der Waals surface area contributed by atoms with Gasteiger partial charge in [0.2, 0.25) is 0 Å². The summed E-state index contributed by atoms with van der Waals surface area (Å²) >= 11 is 3.32. The summed E-state index contributed by atoms with van der Waals surface area (Å²) in [5, 5.41) is 10.4. The summed E-state index contributed by atoms with van der Waals surface area (Å²) in [7, 11) is 1.20. The van der Waals surface area contributed by atoms with Crippen molar-refractivity contribution in [3.63, 3.8) is 0 Å². The van der Waals surface area contributed by atoms with Crippen LogP contribution in [0.3, 0.4) is 0 Å². The molecule has 0 heterocycles. The Morgan fingerprint density at radius 1 is 1.22 bits per heavy atom. The second kappa shape index (κ2) is 7.48. The van der Waals surface area contributed by atoms with Crippen LogP contribution < -0.4 is 9.80 Å². The van der Waals surface area contributed by atoms with Crippen LogP contribution in [-0.2, 0) is 11.3 Å². The summed E-state index contributed by atoms with van der Waals surface area (Å²) in [6.07, 6.45) is -0.865. The molecular weight excluding hydrogens is 362 g/mol. The number of hydroxylamine groups is 1. The molecule has 0 fully saturated rings. The Morgan fingerprint density at radius 3 is 2.61 bits per heavy atom. The van der Waals surface area contributed by atoms with Gasteiger partial charge >= 0.3 is 6.09 Å². The molecule has 0 saturated carbocycles. The first-order valence-corrected chi connectivity index (χ1v) is 7.77. The average molecular weight is 380 g/mol. The first-order valence-electron chi connectivity index (χ1n) is 6.98. The fraction of sp³-hybridized carbons (Fsp3) is 0.235. The molecule has 23 heavy (non-hydrogen) atoms. The molecule has 0 radical (unpaired) electrons. The van der Waals surface area contributed by atoms with Gasteiger partial charge < -0.3 is 9.47 Å². The molecule has 5 nitrogen and oxygen atoms in total. The lowest BCUT2D eigenvalue weighted by Gasteiger charge is -2.18. The van der Waals surface area contributed by atoms with Gasteiger partial charge in [0, 0.05) is 10.0 Å². The Hall–Kier alpha value is -2.05. The number of benzene rings is 2. The molecular formula is C17H18BrNO4. The van der Waals surface area contributed by atoms with E-state index in [1.807, 2.05) is 38.1 Å². The number of halogens is 1. The lowest BCUT2D eigenvalue weighted by atomic mass is 10.1. The molecule has 0 unspecified atom stereocenters. The van der Waals surface area contributed by atoms with Crippen LogP contribution in [-0.4, -0.2) is 18.4 Å². The zero-order valence-electron chi connectivity index (χ0n) is 13.2. The molecule has 0 bridgehead atoms. The largest absolute Gasteiger partial charge is 0.489 e. The predicted molar refractivity (Wildman–Crippen MR) is 91.1 cm³/mol. The van der Waals surface area contributed by atoms with Crippen molar-refractivity contribution < 1.29 is 19.5 Å². The number of amides is 1. The van der Waals surface area contributed by atoms with Crippen molar-refractivity contribution in [3.8, 4) is 5.75 Å². The van der Waals surface area contributed by atoms with E-state index in [4.69, 9.17) is 4.74 Å². The molecule has 122 valence electrons. The Morgan fingerprint density at radius 2 is 1.96 bits per heavy atom. The van der Waals surface area contributed by atoms with E-state index >= 15 is 0 Å². The molecule has 0 aliphatic heterocycles. The fourth-order valence-electron chi connectivity index (χ4n) is 2.16. The van der Waals surface area contributed by atoms with E-state index in [-0.39, 0.29) is 6.61 Å². The van der Waals surface area contributed by atoms with E-state index in [0.717, 1.165) is 21.3 Å². The third-order valence-corrected chi connectivity index (χ3v) is 3.83. The quantitative estimate of drug-likeness (QED) is 0.622. The molecule has 0 aliphatic carbocycles. The number of aryl methyl sites for hydroxylation is 2. The first kappa shape index (κ1) is 17.3. The summed E-state index contributed by atoms with van der Waals surface area (Å²) in [4.78, 5) is 11.5. The van der Waals surface area contributed by atoms with Gasteiger partial charge in [0.1, 0.15) is 12.4 Å². The highest BCUT2D eigenvalue weighted by Gasteiger charge is 2.18. The summed E-state index contributed by atoms with van der Waals surface area (Å²) in [6, 6.07) is 11.1. The normalized spacial score (nSPS) is 10.3. The van der Waals surface area contributed by atoms with E-state index in [9.17, 15) is 10.0 Å². The molecule has 6 heteroatoms. The number of methoxy groups -OCH3 is 1. The summed E-state index contributed by atoms with van der Waals surface area (Å²) < 4.78 is 11.1. The predicted octanol–water partition coefficient (Wildman–Crippen LogP) is 4.61. The zero-order chi connectivity index (χ0) is 17.0. The van der Waals surface area contributed by atoms with Gasteiger partial charge in [-0.1, -0.05) is 39.7 Å². The molecule has 2 aromatic rings. The maximum absolute atomic E-state index is 11.5. The van der Waals surface area contributed by atoms with Crippen molar-refractivity contribution in [1.82, 2.24) is 0 Å². The van der Waals surface area contributed by atoms with Gasteiger partial charge in [-0.3, -0.25) is 5.21 Å². The van der Waals surface area contributed by atoms with Crippen LogP contribution in [0.25, 0.3) is 0 Å². The molecule has 0 atom stereocenters. The van der Waals surface area contributed by atoms with Crippen LogP contribution in [0.15, 0.2) is 40.9 Å². The van der Waals surface area contributed by atoms with Gasteiger partial charge in [-0.2, -0.15) is 5.06 Å². The van der Waals surface area contributed by atoms with Crippen LogP contribution >= 0.6 is 15.9 Å². The van der Waals surface area contributed by atoms with Crippen LogP contribution in [0.2, 0.25) is 0 Å². The van der Waals surface area contributed by atoms with Crippen molar-refractivity contribution >= 4 is 27.7 Å². The average Bonchev–Trinajstić information content (AvgIpc) is 2.53. The van der Waals surface area contributed by atoms with E-state index in [2.05, 4.69) is 20.7 Å². The number of hydrogen-bond donors (Lipinski definition) is 1. The lowest BCUT2D eigenvalue weighted by molar-refractivity contribution is 0.140. The van der Waals surface area contributed by atoms with Crippen LogP contribution in [0.1, 0.15) is 16.7 Å². The summed E-state index contributed by atoms with van der Waals surface area (Å²) in [6.45, 7) is 4.20. The second-order valence-electron chi connectivity index (χ2n) is 5.11. The Balaban J connectivity index is 2.24. The second-order valence-corrected chi connectivity index (χ2v) is 6.03.